The number of hydrogen-bond acceptors (Lipinski definition) is 6. The molecule has 11 heteroatoms. The first kappa shape index (κ1) is 28.1. The fourth-order valence-corrected chi connectivity index (χ4v) is 5.41. The molecule has 1 saturated heterocycles. The molecule has 0 bridgehead atoms. The van der Waals surface area contributed by atoms with Gasteiger partial charge in [-0.05, 0) is 60.5 Å². The maximum atomic E-state index is 15.7. The Morgan fingerprint density at radius 2 is 1.63 bits per heavy atom. The molecule has 1 aliphatic heterocycles. The summed E-state index contributed by atoms with van der Waals surface area (Å²) in [6.07, 6.45) is 5.65. The standard InChI is InChI=1S/C32H31F2N7O2/c1-2-11-35-32(43)27-21-41(25-7-3-22(4-8-25)20-40-13-12-36-37-40)29-19-30(28(34)18-26(29)31(27)42)39-16-14-38(15-17-39)24-9-5-23(33)6-10-24/h3-10,12-13,18-19,21H,2,11,14-17,20H2,1H3,(H,35,43). The molecule has 0 saturated carbocycles. The SMILES string of the molecule is CCCNC(=O)c1cn(-c2ccc(Cn3ccnn3)cc2)c2cc(N3CCN(c4ccc(F)cc4)CC3)c(F)cc2c1=O. The van der Waals surface area contributed by atoms with Gasteiger partial charge < -0.3 is 19.7 Å². The lowest BCUT2D eigenvalue weighted by Crippen LogP contribution is -2.46. The van der Waals surface area contributed by atoms with E-state index in [1.807, 2.05) is 36.1 Å². The van der Waals surface area contributed by atoms with E-state index in [1.54, 1.807) is 39.8 Å². The summed E-state index contributed by atoms with van der Waals surface area (Å²) < 4.78 is 32.6. The second-order valence-electron chi connectivity index (χ2n) is 10.5. The predicted octanol–water partition coefficient (Wildman–Crippen LogP) is 4.38. The third kappa shape index (κ3) is 5.83. The summed E-state index contributed by atoms with van der Waals surface area (Å²) in [5.41, 5.74) is 2.93. The van der Waals surface area contributed by atoms with E-state index >= 15 is 4.39 Å². The summed E-state index contributed by atoms with van der Waals surface area (Å²) in [5, 5.41) is 10.7. The third-order valence-electron chi connectivity index (χ3n) is 7.70. The maximum absolute atomic E-state index is 15.7. The Kier molecular flexibility index (Phi) is 7.86. The van der Waals surface area contributed by atoms with Gasteiger partial charge in [0, 0.05) is 61.9 Å². The number of pyridine rings is 1. The quantitative estimate of drug-likeness (QED) is 0.292. The van der Waals surface area contributed by atoms with E-state index in [9.17, 15) is 14.0 Å². The molecule has 9 nitrogen and oxygen atoms in total. The largest absolute Gasteiger partial charge is 0.368 e. The molecular weight excluding hydrogens is 552 g/mol. The van der Waals surface area contributed by atoms with Crippen molar-refractivity contribution < 1.29 is 13.6 Å². The van der Waals surface area contributed by atoms with Crippen LogP contribution < -0.4 is 20.5 Å². The predicted molar refractivity (Wildman–Crippen MR) is 162 cm³/mol. The second kappa shape index (κ2) is 12.0. The summed E-state index contributed by atoms with van der Waals surface area (Å²) in [6.45, 7) is 5.21. The van der Waals surface area contributed by atoms with Gasteiger partial charge in [-0.3, -0.25) is 9.59 Å². The van der Waals surface area contributed by atoms with Crippen LogP contribution in [0.5, 0.6) is 0 Å². The Balaban J connectivity index is 1.37. The highest BCUT2D eigenvalue weighted by Crippen LogP contribution is 2.29. The van der Waals surface area contributed by atoms with Gasteiger partial charge in [-0.15, -0.1) is 5.10 Å². The van der Waals surface area contributed by atoms with Crippen LogP contribution >= 0.6 is 0 Å². The van der Waals surface area contributed by atoms with E-state index < -0.39 is 17.2 Å². The van der Waals surface area contributed by atoms with Crippen molar-refractivity contribution in [1.82, 2.24) is 24.9 Å². The van der Waals surface area contributed by atoms with E-state index in [4.69, 9.17) is 0 Å². The fourth-order valence-electron chi connectivity index (χ4n) is 5.41. The average Bonchev–Trinajstić information content (AvgIpc) is 3.54. The minimum atomic E-state index is -0.527. The summed E-state index contributed by atoms with van der Waals surface area (Å²) in [6, 6.07) is 17.0. The van der Waals surface area contributed by atoms with Crippen molar-refractivity contribution in [2.24, 2.45) is 0 Å². The number of fused-ring (bicyclic) bond motifs is 1. The number of aromatic nitrogens is 4. The number of nitrogens with zero attached hydrogens (tertiary/aromatic N) is 6. The summed E-state index contributed by atoms with van der Waals surface area (Å²) in [5.74, 6) is -1.31. The highest BCUT2D eigenvalue weighted by Gasteiger charge is 2.23. The number of nitrogens with one attached hydrogen (secondary N) is 1. The van der Waals surface area contributed by atoms with Crippen molar-refractivity contribution in [1.29, 1.82) is 0 Å². The van der Waals surface area contributed by atoms with Gasteiger partial charge in [0.05, 0.1) is 23.9 Å². The van der Waals surface area contributed by atoms with E-state index in [0.717, 1.165) is 16.9 Å². The van der Waals surface area contributed by atoms with Gasteiger partial charge in [0.15, 0.2) is 0 Å². The minimum absolute atomic E-state index is 0.0484. The van der Waals surface area contributed by atoms with Gasteiger partial charge >= 0.3 is 0 Å². The number of amides is 1. The molecular formula is C32H31F2N7O2. The molecule has 1 N–H and O–H groups in total. The maximum Gasteiger partial charge on any atom is 0.256 e. The Morgan fingerprint density at radius 1 is 0.930 bits per heavy atom. The van der Waals surface area contributed by atoms with Crippen LogP contribution in [0.2, 0.25) is 0 Å². The van der Waals surface area contributed by atoms with Gasteiger partial charge in [0.2, 0.25) is 5.43 Å². The topological polar surface area (TPSA) is 88.3 Å². The van der Waals surface area contributed by atoms with E-state index in [1.165, 1.54) is 24.4 Å². The van der Waals surface area contributed by atoms with Crippen molar-refractivity contribution >= 4 is 28.2 Å². The molecule has 1 aliphatic rings. The Labute approximate surface area is 247 Å². The van der Waals surface area contributed by atoms with Crippen LogP contribution in [-0.2, 0) is 6.54 Å². The molecule has 6 rings (SSSR count). The third-order valence-corrected chi connectivity index (χ3v) is 7.70. The smallest absolute Gasteiger partial charge is 0.256 e. The zero-order valence-electron chi connectivity index (χ0n) is 23.7. The molecule has 1 fully saturated rings. The zero-order valence-corrected chi connectivity index (χ0v) is 23.7. The van der Waals surface area contributed by atoms with Crippen molar-refractivity contribution in [3.63, 3.8) is 0 Å². The van der Waals surface area contributed by atoms with E-state index in [0.29, 0.717) is 56.9 Å². The molecule has 3 heterocycles. The summed E-state index contributed by atoms with van der Waals surface area (Å²) >= 11 is 0. The Bertz CT molecular complexity index is 1800. The molecule has 3 aromatic carbocycles. The number of carbonyl (C=O) groups is 1. The molecule has 43 heavy (non-hydrogen) atoms. The van der Waals surface area contributed by atoms with Crippen molar-refractivity contribution in [3.05, 3.63) is 112 Å². The number of hydrogen-bond donors (Lipinski definition) is 1. The highest BCUT2D eigenvalue weighted by atomic mass is 19.1. The zero-order chi connectivity index (χ0) is 29.9. The highest BCUT2D eigenvalue weighted by molar-refractivity contribution is 5.98. The van der Waals surface area contributed by atoms with Gasteiger partial charge in [-0.1, -0.05) is 24.3 Å². The van der Waals surface area contributed by atoms with Crippen LogP contribution in [0.15, 0.2) is 84.0 Å². The van der Waals surface area contributed by atoms with Gasteiger partial charge in [-0.25, -0.2) is 13.5 Å². The monoisotopic (exact) mass is 583 g/mol. The average molecular weight is 584 g/mol. The molecule has 0 unspecified atom stereocenters. The first-order chi connectivity index (χ1) is 20.9. The Hall–Kier alpha value is -5.06. The van der Waals surface area contributed by atoms with Crippen molar-refractivity contribution in [2.75, 3.05) is 42.5 Å². The summed E-state index contributed by atoms with van der Waals surface area (Å²) in [4.78, 5) is 30.6. The van der Waals surface area contributed by atoms with Crippen LogP contribution in [0.3, 0.4) is 0 Å². The molecule has 0 aliphatic carbocycles. The molecule has 0 radical (unpaired) electrons. The van der Waals surface area contributed by atoms with Crippen LogP contribution in [0.1, 0.15) is 29.3 Å². The van der Waals surface area contributed by atoms with Crippen molar-refractivity contribution in [3.8, 4) is 5.69 Å². The van der Waals surface area contributed by atoms with E-state index in [-0.39, 0.29) is 16.8 Å². The van der Waals surface area contributed by atoms with Crippen LogP contribution in [0, 0.1) is 11.6 Å². The van der Waals surface area contributed by atoms with Crippen LogP contribution in [0.4, 0.5) is 20.2 Å². The number of rotatable bonds is 8. The fraction of sp³-hybridized carbons (Fsp3) is 0.250. The second-order valence-corrected chi connectivity index (χ2v) is 10.5. The molecule has 2 aromatic heterocycles. The first-order valence-corrected chi connectivity index (χ1v) is 14.3. The minimum Gasteiger partial charge on any atom is -0.368 e. The number of piperazine rings is 1. The Morgan fingerprint density at radius 3 is 2.30 bits per heavy atom. The van der Waals surface area contributed by atoms with Gasteiger partial charge in [0.1, 0.15) is 17.2 Å². The van der Waals surface area contributed by atoms with Crippen molar-refractivity contribution in [2.45, 2.75) is 19.9 Å². The van der Waals surface area contributed by atoms with Crippen LogP contribution in [0.25, 0.3) is 16.6 Å². The molecule has 0 spiro atoms. The number of anilines is 2. The lowest BCUT2D eigenvalue weighted by molar-refractivity contribution is 0.0952. The molecule has 0 atom stereocenters. The number of halogens is 2. The lowest BCUT2D eigenvalue weighted by Gasteiger charge is -2.37. The lowest BCUT2D eigenvalue weighted by atomic mass is 10.1. The van der Waals surface area contributed by atoms with E-state index in [2.05, 4.69) is 20.5 Å². The number of benzene rings is 3. The molecule has 1 amide bonds. The summed E-state index contributed by atoms with van der Waals surface area (Å²) in [7, 11) is 0. The first-order valence-electron chi connectivity index (χ1n) is 14.3. The number of carbonyl (C=O) groups excluding carboxylic acids is 1. The van der Waals surface area contributed by atoms with Crippen LogP contribution in [-0.4, -0.2) is 58.2 Å². The normalized spacial score (nSPS) is 13.5. The van der Waals surface area contributed by atoms with Gasteiger partial charge in [0.25, 0.3) is 5.91 Å². The molecule has 5 aromatic rings. The van der Waals surface area contributed by atoms with Gasteiger partial charge in [-0.2, -0.15) is 0 Å². The molecule has 220 valence electrons.